The highest BCUT2D eigenvalue weighted by Crippen LogP contribution is 2.33. The van der Waals surface area contributed by atoms with Crippen molar-refractivity contribution < 1.29 is 9.90 Å². The second-order valence-electron chi connectivity index (χ2n) is 3.48. The van der Waals surface area contributed by atoms with Gasteiger partial charge in [0.25, 0.3) is 0 Å². The summed E-state index contributed by atoms with van der Waals surface area (Å²) in [5, 5.41) is 15.0. The van der Waals surface area contributed by atoms with Gasteiger partial charge in [-0.1, -0.05) is 17.5 Å². The molecule has 16 heavy (non-hydrogen) atoms. The third kappa shape index (κ3) is 1.51. The Hall–Kier alpha value is -1.70. The van der Waals surface area contributed by atoms with Crippen molar-refractivity contribution in [2.45, 2.75) is 5.54 Å². The number of hydrogen-bond donors (Lipinski definition) is 3. The maximum absolute atomic E-state index is 11.4. The molecule has 2 amide bonds. The van der Waals surface area contributed by atoms with Crippen LogP contribution in [0.15, 0.2) is 18.2 Å². The maximum atomic E-state index is 11.4. The van der Waals surface area contributed by atoms with Gasteiger partial charge in [0.1, 0.15) is 0 Å². The number of amides is 2. The molecule has 0 bridgehead atoms. The van der Waals surface area contributed by atoms with E-state index in [1.165, 1.54) is 0 Å². The van der Waals surface area contributed by atoms with E-state index in [2.05, 4.69) is 16.6 Å². The summed E-state index contributed by atoms with van der Waals surface area (Å²) in [5.74, 6) is 2.40. The van der Waals surface area contributed by atoms with Crippen LogP contribution in [0.4, 0.5) is 10.5 Å². The average molecular weight is 237 g/mol. The molecule has 1 aliphatic rings. The lowest BCUT2D eigenvalue weighted by atomic mass is 9.88. The number of carbonyl (C=O) groups excluding carboxylic acids is 1. The van der Waals surface area contributed by atoms with Gasteiger partial charge in [-0.2, -0.15) is 0 Å². The Bertz CT molecular complexity index is 495. The van der Waals surface area contributed by atoms with E-state index >= 15 is 0 Å². The van der Waals surface area contributed by atoms with Gasteiger partial charge < -0.3 is 15.7 Å². The molecule has 5 heteroatoms. The van der Waals surface area contributed by atoms with Gasteiger partial charge in [-0.15, -0.1) is 6.42 Å². The normalized spacial score (nSPS) is 22.7. The van der Waals surface area contributed by atoms with Gasteiger partial charge in [-0.05, 0) is 18.2 Å². The minimum atomic E-state index is -1.21. The van der Waals surface area contributed by atoms with Gasteiger partial charge in [0.2, 0.25) is 0 Å². The number of hydrogen-bond acceptors (Lipinski definition) is 2. The van der Waals surface area contributed by atoms with E-state index in [1.807, 2.05) is 0 Å². The molecule has 1 aliphatic heterocycles. The van der Waals surface area contributed by atoms with Crippen LogP contribution in [-0.4, -0.2) is 17.7 Å². The average Bonchev–Trinajstić information content (AvgIpc) is 2.28. The molecule has 0 fully saturated rings. The van der Waals surface area contributed by atoms with E-state index in [9.17, 15) is 9.90 Å². The summed E-state index contributed by atoms with van der Waals surface area (Å²) in [7, 11) is 0. The second-order valence-corrected chi connectivity index (χ2v) is 3.91. The van der Waals surface area contributed by atoms with Crippen LogP contribution in [0, 0.1) is 12.3 Å². The molecule has 0 saturated carbocycles. The molecular weight excluding hydrogens is 228 g/mol. The number of rotatable bonds is 1. The van der Waals surface area contributed by atoms with Crippen LogP contribution in [0.1, 0.15) is 5.56 Å². The number of fused-ring (bicyclic) bond motifs is 1. The highest BCUT2D eigenvalue weighted by molar-refractivity contribution is 6.30. The van der Waals surface area contributed by atoms with Gasteiger partial charge in [0.15, 0.2) is 5.54 Å². The summed E-state index contributed by atoms with van der Waals surface area (Å²) in [6, 6.07) is 4.48. The monoisotopic (exact) mass is 236 g/mol. The Morgan fingerprint density at radius 2 is 2.31 bits per heavy atom. The molecule has 2 rings (SSSR count). The fourth-order valence-electron chi connectivity index (χ4n) is 1.68. The third-order valence-electron chi connectivity index (χ3n) is 2.50. The van der Waals surface area contributed by atoms with Crippen LogP contribution in [0.5, 0.6) is 0 Å². The van der Waals surface area contributed by atoms with Crippen molar-refractivity contribution in [1.82, 2.24) is 5.32 Å². The molecule has 4 nitrogen and oxygen atoms in total. The largest absolute Gasteiger partial charge is 0.393 e. The summed E-state index contributed by atoms with van der Waals surface area (Å²) in [6.07, 6.45) is 5.38. The molecule has 0 aliphatic carbocycles. The van der Waals surface area contributed by atoms with Gasteiger partial charge in [0, 0.05) is 16.3 Å². The fourth-order valence-corrected chi connectivity index (χ4v) is 1.85. The zero-order chi connectivity index (χ0) is 11.8. The van der Waals surface area contributed by atoms with Gasteiger partial charge in [-0.3, -0.25) is 0 Å². The SMILES string of the molecule is C#CC1(CO)NC(=O)Nc2ccc(Cl)cc21. The number of aliphatic hydroxyl groups is 1. The molecular formula is C11H9ClN2O2. The van der Waals surface area contributed by atoms with Crippen LogP contribution in [0.25, 0.3) is 0 Å². The lowest BCUT2D eigenvalue weighted by Gasteiger charge is -2.34. The van der Waals surface area contributed by atoms with Gasteiger partial charge in [-0.25, -0.2) is 4.79 Å². The molecule has 1 heterocycles. The first kappa shape index (κ1) is 10.8. The molecule has 1 unspecified atom stereocenters. The predicted octanol–water partition coefficient (Wildman–Crippen LogP) is 1.30. The van der Waals surface area contributed by atoms with Gasteiger partial charge in [0.05, 0.1) is 6.61 Å². The number of terminal acetylenes is 1. The quantitative estimate of drug-likeness (QED) is 0.644. The number of halogens is 1. The van der Waals surface area contributed by atoms with Crippen LogP contribution in [0.3, 0.4) is 0 Å². The molecule has 82 valence electrons. The number of anilines is 1. The van der Waals surface area contributed by atoms with Crippen molar-refractivity contribution in [2.24, 2.45) is 0 Å². The second kappa shape index (κ2) is 3.71. The van der Waals surface area contributed by atoms with E-state index in [0.29, 0.717) is 16.3 Å². The van der Waals surface area contributed by atoms with Crippen LogP contribution in [0.2, 0.25) is 5.02 Å². The minimum Gasteiger partial charge on any atom is -0.393 e. The molecule has 3 N–H and O–H groups in total. The molecule has 0 saturated heterocycles. The lowest BCUT2D eigenvalue weighted by molar-refractivity contribution is 0.196. The zero-order valence-electron chi connectivity index (χ0n) is 8.25. The first-order valence-corrected chi connectivity index (χ1v) is 4.97. The molecule has 0 radical (unpaired) electrons. The van der Waals surface area contributed by atoms with Crippen molar-refractivity contribution in [1.29, 1.82) is 0 Å². The Morgan fingerprint density at radius 3 is 2.94 bits per heavy atom. The van der Waals surface area contributed by atoms with E-state index in [1.54, 1.807) is 18.2 Å². The summed E-state index contributed by atoms with van der Waals surface area (Å²) in [4.78, 5) is 11.4. The standard InChI is InChI=1S/C11H9ClN2O2/c1-2-11(6-15)8-5-7(12)3-4-9(8)13-10(16)14-11/h1,3-5,15H,6H2,(H2,13,14,16). The Morgan fingerprint density at radius 1 is 1.56 bits per heavy atom. The Labute approximate surface area is 97.6 Å². The van der Waals surface area contributed by atoms with Crippen molar-refractivity contribution in [3.63, 3.8) is 0 Å². The summed E-state index contributed by atoms with van der Waals surface area (Å²) >= 11 is 5.86. The summed E-state index contributed by atoms with van der Waals surface area (Å²) in [6.45, 7) is -0.385. The topological polar surface area (TPSA) is 61.4 Å². The van der Waals surface area contributed by atoms with E-state index in [0.717, 1.165) is 0 Å². The smallest absolute Gasteiger partial charge is 0.320 e. The number of benzene rings is 1. The van der Waals surface area contributed by atoms with Crippen molar-refractivity contribution in [2.75, 3.05) is 11.9 Å². The van der Waals surface area contributed by atoms with Crippen molar-refractivity contribution in [3.05, 3.63) is 28.8 Å². The van der Waals surface area contributed by atoms with Crippen LogP contribution < -0.4 is 10.6 Å². The first-order chi connectivity index (χ1) is 7.61. The van der Waals surface area contributed by atoms with Gasteiger partial charge >= 0.3 is 6.03 Å². The molecule has 0 spiro atoms. The Kier molecular flexibility index (Phi) is 2.50. The summed E-state index contributed by atoms with van der Waals surface area (Å²) in [5.41, 5.74) is -0.0625. The lowest BCUT2D eigenvalue weighted by Crippen LogP contribution is -2.53. The van der Waals surface area contributed by atoms with Crippen molar-refractivity contribution in [3.8, 4) is 12.3 Å². The van der Waals surface area contributed by atoms with E-state index < -0.39 is 11.6 Å². The van der Waals surface area contributed by atoms with E-state index in [-0.39, 0.29) is 6.61 Å². The zero-order valence-corrected chi connectivity index (χ0v) is 9.01. The number of aliphatic hydroxyl groups excluding tert-OH is 1. The highest BCUT2D eigenvalue weighted by Gasteiger charge is 2.37. The molecule has 0 aromatic heterocycles. The number of carbonyl (C=O) groups is 1. The van der Waals surface area contributed by atoms with Crippen LogP contribution >= 0.6 is 11.6 Å². The highest BCUT2D eigenvalue weighted by atomic mass is 35.5. The number of urea groups is 1. The minimum absolute atomic E-state index is 0.385. The summed E-state index contributed by atoms with van der Waals surface area (Å²) < 4.78 is 0. The third-order valence-corrected chi connectivity index (χ3v) is 2.74. The molecule has 1 aromatic rings. The predicted molar refractivity (Wildman–Crippen MR) is 61.2 cm³/mol. The first-order valence-electron chi connectivity index (χ1n) is 4.59. The van der Waals surface area contributed by atoms with Crippen LogP contribution in [-0.2, 0) is 5.54 Å². The Balaban J connectivity index is 2.65. The maximum Gasteiger partial charge on any atom is 0.320 e. The van der Waals surface area contributed by atoms with Crippen molar-refractivity contribution >= 4 is 23.3 Å². The molecule has 1 aromatic carbocycles. The number of nitrogens with one attached hydrogen (secondary N) is 2. The fraction of sp³-hybridized carbons (Fsp3) is 0.182. The van der Waals surface area contributed by atoms with E-state index in [4.69, 9.17) is 18.0 Å². The molecule has 1 atom stereocenters.